The van der Waals surface area contributed by atoms with Crippen LogP contribution in [0.25, 0.3) is 0 Å². The van der Waals surface area contributed by atoms with E-state index in [9.17, 15) is 16.8 Å². The molecule has 0 radical (unpaired) electrons. The number of rotatable bonds is 4. The predicted octanol–water partition coefficient (Wildman–Crippen LogP) is 1.46. The number of halogens is 1. The lowest BCUT2D eigenvalue weighted by Gasteiger charge is -2.08. The molecule has 0 amide bonds. The number of hydrogen-bond acceptors (Lipinski definition) is 5. The van der Waals surface area contributed by atoms with Crippen LogP contribution < -0.4 is 4.72 Å². The van der Waals surface area contributed by atoms with Gasteiger partial charge in [-0.15, -0.1) is 0 Å². The Morgan fingerprint density at radius 3 is 2.38 bits per heavy atom. The summed E-state index contributed by atoms with van der Waals surface area (Å²) in [5, 5.41) is 3.79. The smallest absolute Gasteiger partial charge is 0.265 e. The van der Waals surface area contributed by atoms with Gasteiger partial charge in [0.05, 0.1) is 11.1 Å². The van der Waals surface area contributed by atoms with E-state index in [-0.39, 0.29) is 15.5 Å². The average Bonchev–Trinajstić information content (AvgIpc) is 2.74. The second-order valence-electron chi connectivity index (χ2n) is 4.37. The van der Waals surface area contributed by atoms with Gasteiger partial charge >= 0.3 is 0 Å². The highest BCUT2D eigenvalue weighted by atomic mass is 35.7. The summed E-state index contributed by atoms with van der Waals surface area (Å²) in [4.78, 5) is -0.0508. The molecule has 1 aromatic carbocycles. The predicted molar refractivity (Wildman–Crippen MR) is 78.2 cm³/mol. The third-order valence-electron chi connectivity index (χ3n) is 2.68. The lowest BCUT2D eigenvalue weighted by molar-refractivity contribution is 0.601. The van der Waals surface area contributed by atoms with Crippen molar-refractivity contribution < 1.29 is 16.8 Å². The summed E-state index contributed by atoms with van der Waals surface area (Å²) in [5.74, 6) is 0. The molecule has 0 aliphatic carbocycles. The zero-order chi connectivity index (χ0) is 15.8. The van der Waals surface area contributed by atoms with Crippen molar-refractivity contribution in [2.24, 2.45) is 7.05 Å². The van der Waals surface area contributed by atoms with Gasteiger partial charge in [-0.2, -0.15) is 5.10 Å². The first-order chi connectivity index (χ1) is 9.59. The highest BCUT2D eigenvalue weighted by molar-refractivity contribution is 8.13. The highest BCUT2D eigenvalue weighted by Gasteiger charge is 2.18. The topological polar surface area (TPSA) is 98.1 Å². The maximum Gasteiger partial charge on any atom is 0.265 e. The van der Waals surface area contributed by atoms with E-state index in [1.165, 1.54) is 42.2 Å². The molecule has 0 unspecified atom stereocenters. The molecule has 0 saturated heterocycles. The van der Waals surface area contributed by atoms with Crippen LogP contribution in [0.15, 0.2) is 40.4 Å². The number of hydrogen-bond donors (Lipinski definition) is 1. The van der Waals surface area contributed by atoms with Crippen molar-refractivity contribution in [2.45, 2.75) is 16.7 Å². The first-order valence-electron chi connectivity index (χ1n) is 5.66. The molecule has 0 spiro atoms. The van der Waals surface area contributed by atoms with Gasteiger partial charge in [0.15, 0.2) is 0 Å². The Morgan fingerprint density at radius 2 is 1.90 bits per heavy atom. The molecule has 10 heteroatoms. The normalized spacial score (nSPS) is 12.3. The third-order valence-corrected chi connectivity index (χ3v) is 5.50. The van der Waals surface area contributed by atoms with Gasteiger partial charge in [0.2, 0.25) is 0 Å². The lowest BCUT2D eigenvalue weighted by atomic mass is 10.2. The first kappa shape index (κ1) is 15.8. The first-order valence-corrected chi connectivity index (χ1v) is 9.45. The zero-order valence-corrected chi connectivity index (χ0v) is 13.5. The van der Waals surface area contributed by atoms with E-state index in [1.807, 2.05) is 0 Å². The van der Waals surface area contributed by atoms with Crippen molar-refractivity contribution in [3.63, 3.8) is 0 Å². The van der Waals surface area contributed by atoms with Gasteiger partial charge in [0.1, 0.15) is 4.90 Å². The number of nitrogens with zero attached hydrogens (tertiary/aromatic N) is 2. The molecule has 0 fully saturated rings. The second-order valence-corrected chi connectivity index (χ2v) is 8.59. The minimum absolute atomic E-state index is 0.0108. The fourth-order valence-corrected chi connectivity index (χ4v) is 3.96. The summed E-state index contributed by atoms with van der Waals surface area (Å²) in [6.07, 6.45) is 2.57. The van der Waals surface area contributed by atoms with Crippen LogP contribution in [0, 0.1) is 6.92 Å². The van der Waals surface area contributed by atoms with Crippen LogP contribution in [-0.4, -0.2) is 26.6 Å². The molecular formula is C11H12ClN3O4S2. The maximum absolute atomic E-state index is 12.1. The lowest BCUT2D eigenvalue weighted by Crippen LogP contribution is -2.12. The van der Waals surface area contributed by atoms with Crippen molar-refractivity contribution in [2.75, 3.05) is 4.72 Å². The second kappa shape index (κ2) is 5.32. The molecule has 114 valence electrons. The number of sulfonamides is 1. The van der Waals surface area contributed by atoms with Crippen molar-refractivity contribution in [3.05, 3.63) is 36.2 Å². The fraction of sp³-hybridized carbons (Fsp3) is 0.182. The molecule has 7 nitrogen and oxygen atoms in total. The zero-order valence-electron chi connectivity index (χ0n) is 11.1. The van der Waals surface area contributed by atoms with E-state index in [4.69, 9.17) is 10.7 Å². The minimum atomic E-state index is -3.86. The Morgan fingerprint density at radius 1 is 1.24 bits per heavy atom. The summed E-state index contributed by atoms with van der Waals surface area (Å²) >= 11 is 0. The Kier molecular flexibility index (Phi) is 4.00. The van der Waals surface area contributed by atoms with Crippen molar-refractivity contribution >= 4 is 35.4 Å². The molecule has 2 rings (SSSR count). The van der Waals surface area contributed by atoms with Crippen LogP contribution in [0.1, 0.15) is 5.56 Å². The van der Waals surface area contributed by atoms with E-state index in [2.05, 4.69) is 9.82 Å². The van der Waals surface area contributed by atoms with Crippen LogP contribution in [0.4, 0.5) is 5.69 Å². The van der Waals surface area contributed by atoms with E-state index in [0.717, 1.165) is 0 Å². The van der Waals surface area contributed by atoms with Gasteiger partial charge < -0.3 is 0 Å². The summed E-state index contributed by atoms with van der Waals surface area (Å²) in [6, 6.07) is 3.97. The molecule has 21 heavy (non-hydrogen) atoms. The molecule has 0 saturated carbocycles. The number of aromatic nitrogens is 2. The molecule has 0 aliphatic heterocycles. The Hall–Kier alpha value is -1.58. The van der Waals surface area contributed by atoms with Gasteiger partial charge in [-0.1, -0.05) is 0 Å². The summed E-state index contributed by atoms with van der Waals surface area (Å²) in [6.45, 7) is 1.52. The van der Waals surface area contributed by atoms with Crippen molar-refractivity contribution in [1.82, 2.24) is 9.78 Å². The maximum atomic E-state index is 12.1. The molecule has 1 aromatic heterocycles. The molecule has 0 atom stereocenters. The average molecular weight is 350 g/mol. The Bertz CT molecular complexity index is 888. The van der Waals surface area contributed by atoms with Gasteiger partial charge in [0.25, 0.3) is 19.1 Å². The summed E-state index contributed by atoms with van der Waals surface area (Å²) < 4.78 is 50.5. The Labute approximate surface area is 127 Å². The van der Waals surface area contributed by atoms with Crippen molar-refractivity contribution in [1.29, 1.82) is 0 Å². The largest absolute Gasteiger partial charge is 0.280 e. The third kappa shape index (κ3) is 3.55. The van der Waals surface area contributed by atoms with E-state index in [0.29, 0.717) is 5.56 Å². The van der Waals surface area contributed by atoms with Crippen LogP contribution in [0.3, 0.4) is 0 Å². The molecular weight excluding hydrogens is 338 g/mol. The molecule has 0 aliphatic rings. The minimum Gasteiger partial charge on any atom is -0.280 e. The van der Waals surface area contributed by atoms with Crippen LogP contribution in [0.5, 0.6) is 0 Å². The monoisotopic (exact) mass is 349 g/mol. The van der Waals surface area contributed by atoms with Gasteiger partial charge in [-0.05, 0) is 30.7 Å². The number of nitrogens with one attached hydrogen (secondary N) is 1. The fourth-order valence-electron chi connectivity index (χ4n) is 1.74. The number of benzene rings is 1. The van der Waals surface area contributed by atoms with Gasteiger partial charge in [-0.25, -0.2) is 16.8 Å². The van der Waals surface area contributed by atoms with E-state index < -0.39 is 19.1 Å². The SMILES string of the molecule is Cc1cc(NS(=O)(=O)c2cnn(C)c2)ccc1S(=O)(=O)Cl. The van der Waals surface area contributed by atoms with Crippen LogP contribution >= 0.6 is 10.7 Å². The standard InChI is InChI=1S/C11H12ClN3O4S2/c1-8-5-9(3-4-11(8)20(12,16)17)14-21(18,19)10-6-13-15(2)7-10/h3-7,14H,1-2H3. The highest BCUT2D eigenvalue weighted by Crippen LogP contribution is 2.24. The Balaban J connectivity index is 2.35. The van der Waals surface area contributed by atoms with Gasteiger partial charge in [0, 0.05) is 29.6 Å². The quantitative estimate of drug-likeness (QED) is 0.842. The van der Waals surface area contributed by atoms with Gasteiger partial charge in [-0.3, -0.25) is 9.40 Å². The van der Waals surface area contributed by atoms with Crippen molar-refractivity contribution in [3.8, 4) is 0 Å². The molecule has 0 bridgehead atoms. The van der Waals surface area contributed by atoms with E-state index in [1.54, 1.807) is 7.05 Å². The number of anilines is 1. The summed E-state index contributed by atoms with van der Waals surface area (Å²) in [7, 11) is -0.764. The van der Waals surface area contributed by atoms with E-state index >= 15 is 0 Å². The molecule has 1 N–H and O–H groups in total. The molecule has 2 aromatic rings. The molecule has 1 heterocycles. The number of aryl methyl sites for hydroxylation is 2. The van der Waals surface area contributed by atoms with Crippen LogP contribution in [0.2, 0.25) is 0 Å². The van der Waals surface area contributed by atoms with Crippen LogP contribution in [-0.2, 0) is 26.1 Å². The summed E-state index contributed by atoms with van der Waals surface area (Å²) in [5.41, 5.74) is 0.580.